The lowest BCUT2D eigenvalue weighted by Crippen LogP contribution is -2.38. The fourth-order valence-electron chi connectivity index (χ4n) is 2.37. The maximum Gasteiger partial charge on any atom is 0.314 e. The van der Waals surface area contributed by atoms with E-state index in [-0.39, 0.29) is 0 Å². The predicted molar refractivity (Wildman–Crippen MR) is 66.3 cm³/mol. The molecule has 0 spiro atoms. The molecule has 1 aromatic rings. The molecule has 1 aliphatic rings. The molecule has 0 bridgehead atoms. The largest absolute Gasteiger partial charge is 0.481 e. The molecule has 2 atom stereocenters. The normalized spacial score (nSPS) is 25.6. The fraction of sp³-hybridized carbons (Fsp3) is 0.286. The van der Waals surface area contributed by atoms with Gasteiger partial charge in [0.1, 0.15) is 11.3 Å². The highest BCUT2D eigenvalue weighted by atomic mass is 16.4. The van der Waals surface area contributed by atoms with E-state index in [9.17, 15) is 19.8 Å². The van der Waals surface area contributed by atoms with Gasteiger partial charge in [0, 0.05) is 0 Å². The van der Waals surface area contributed by atoms with Crippen LogP contribution < -0.4 is 0 Å². The van der Waals surface area contributed by atoms with Gasteiger partial charge in [-0.15, -0.1) is 0 Å². The number of hydrogen-bond acceptors (Lipinski definition) is 2. The SMILES string of the molecule is Cc1ccc2c(c1)C=CC(C)(C(=O)O)C2C(=O)O. The van der Waals surface area contributed by atoms with E-state index >= 15 is 0 Å². The fourth-order valence-corrected chi connectivity index (χ4v) is 2.37. The molecule has 94 valence electrons. The highest BCUT2D eigenvalue weighted by molar-refractivity contribution is 5.92. The van der Waals surface area contributed by atoms with Crippen LogP contribution >= 0.6 is 0 Å². The third-order valence-electron chi connectivity index (χ3n) is 3.47. The summed E-state index contributed by atoms with van der Waals surface area (Å²) in [6, 6.07) is 5.37. The Balaban J connectivity index is 2.66. The first-order valence-corrected chi connectivity index (χ1v) is 5.62. The summed E-state index contributed by atoms with van der Waals surface area (Å²) in [7, 11) is 0. The summed E-state index contributed by atoms with van der Waals surface area (Å²) in [5.74, 6) is -3.30. The van der Waals surface area contributed by atoms with Crippen molar-refractivity contribution in [3.05, 3.63) is 41.0 Å². The van der Waals surface area contributed by atoms with Gasteiger partial charge < -0.3 is 10.2 Å². The first kappa shape index (κ1) is 12.4. The van der Waals surface area contributed by atoms with Gasteiger partial charge in [-0.1, -0.05) is 35.9 Å². The summed E-state index contributed by atoms with van der Waals surface area (Å²) < 4.78 is 0. The molecule has 4 heteroatoms. The first-order chi connectivity index (χ1) is 8.36. The van der Waals surface area contributed by atoms with Crippen molar-refractivity contribution in [3.63, 3.8) is 0 Å². The molecular formula is C14H14O4. The number of carboxylic acid groups (broad SMARTS) is 2. The zero-order valence-corrected chi connectivity index (χ0v) is 10.2. The molecule has 0 saturated heterocycles. The zero-order chi connectivity index (χ0) is 13.5. The van der Waals surface area contributed by atoms with Crippen LogP contribution in [0.15, 0.2) is 24.3 Å². The first-order valence-electron chi connectivity index (χ1n) is 5.62. The summed E-state index contributed by atoms with van der Waals surface area (Å²) in [5, 5.41) is 18.6. The Kier molecular flexibility index (Phi) is 2.73. The number of fused-ring (bicyclic) bond motifs is 1. The zero-order valence-electron chi connectivity index (χ0n) is 10.2. The lowest BCUT2D eigenvalue weighted by atomic mass is 9.68. The van der Waals surface area contributed by atoms with E-state index in [4.69, 9.17) is 0 Å². The van der Waals surface area contributed by atoms with Crippen molar-refractivity contribution in [2.45, 2.75) is 19.8 Å². The molecule has 0 fully saturated rings. The second kappa shape index (κ2) is 3.98. The van der Waals surface area contributed by atoms with E-state index in [2.05, 4.69) is 0 Å². The number of carboxylic acids is 2. The van der Waals surface area contributed by atoms with Gasteiger partial charge in [-0.05, 0) is 25.0 Å². The smallest absolute Gasteiger partial charge is 0.314 e. The van der Waals surface area contributed by atoms with Crippen molar-refractivity contribution in [2.75, 3.05) is 0 Å². The number of aliphatic carboxylic acids is 2. The van der Waals surface area contributed by atoms with Crippen molar-refractivity contribution in [1.29, 1.82) is 0 Å². The number of rotatable bonds is 2. The standard InChI is InChI=1S/C14H14O4/c1-8-3-4-10-9(7-8)5-6-14(2,13(17)18)11(10)12(15)16/h3-7,11H,1-2H3,(H,15,16)(H,17,18). The molecule has 0 amide bonds. The van der Waals surface area contributed by atoms with Crippen LogP contribution in [0, 0.1) is 12.3 Å². The molecule has 0 heterocycles. The van der Waals surface area contributed by atoms with Crippen molar-refractivity contribution >= 4 is 18.0 Å². The van der Waals surface area contributed by atoms with Gasteiger partial charge in [-0.25, -0.2) is 0 Å². The Hall–Kier alpha value is -2.10. The summed E-state index contributed by atoms with van der Waals surface area (Å²) in [5.41, 5.74) is 0.941. The third-order valence-corrected chi connectivity index (χ3v) is 3.47. The van der Waals surface area contributed by atoms with E-state index in [1.165, 1.54) is 13.0 Å². The molecule has 2 rings (SSSR count). The second-order valence-electron chi connectivity index (χ2n) is 4.82. The Morgan fingerprint density at radius 2 is 1.94 bits per heavy atom. The number of benzene rings is 1. The maximum absolute atomic E-state index is 11.4. The van der Waals surface area contributed by atoms with Crippen molar-refractivity contribution in [3.8, 4) is 0 Å². The minimum Gasteiger partial charge on any atom is -0.481 e. The van der Waals surface area contributed by atoms with E-state index in [1.807, 2.05) is 13.0 Å². The van der Waals surface area contributed by atoms with Gasteiger partial charge in [0.15, 0.2) is 0 Å². The predicted octanol–water partition coefficient (Wildman–Crippen LogP) is 2.28. The van der Waals surface area contributed by atoms with Crippen molar-refractivity contribution < 1.29 is 19.8 Å². The van der Waals surface area contributed by atoms with Crippen LogP contribution in [0.4, 0.5) is 0 Å². The number of hydrogen-bond donors (Lipinski definition) is 2. The average molecular weight is 246 g/mol. The molecular weight excluding hydrogens is 232 g/mol. The third kappa shape index (κ3) is 1.70. The monoisotopic (exact) mass is 246 g/mol. The number of carbonyl (C=O) groups is 2. The minimum absolute atomic E-state index is 0.556. The molecule has 0 aromatic heterocycles. The molecule has 1 aromatic carbocycles. The van der Waals surface area contributed by atoms with E-state index in [0.29, 0.717) is 5.56 Å². The summed E-state index contributed by atoms with van der Waals surface area (Å²) in [6.07, 6.45) is 3.16. The molecule has 1 aliphatic carbocycles. The second-order valence-corrected chi connectivity index (χ2v) is 4.82. The summed E-state index contributed by atoms with van der Waals surface area (Å²) >= 11 is 0. The molecule has 0 radical (unpaired) electrons. The lowest BCUT2D eigenvalue weighted by molar-refractivity contribution is -0.154. The molecule has 18 heavy (non-hydrogen) atoms. The lowest BCUT2D eigenvalue weighted by Gasteiger charge is -2.32. The Morgan fingerprint density at radius 1 is 1.28 bits per heavy atom. The van der Waals surface area contributed by atoms with Gasteiger partial charge >= 0.3 is 11.9 Å². The minimum atomic E-state index is -1.41. The van der Waals surface area contributed by atoms with Crippen molar-refractivity contribution in [2.24, 2.45) is 5.41 Å². The van der Waals surface area contributed by atoms with Gasteiger partial charge in [-0.2, -0.15) is 0 Å². The van der Waals surface area contributed by atoms with Crippen LogP contribution in [0.5, 0.6) is 0 Å². The molecule has 2 N–H and O–H groups in total. The molecule has 0 saturated carbocycles. The van der Waals surface area contributed by atoms with Crippen LogP contribution in [0.25, 0.3) is 6.08 Å². The molecule has 4 nitrogen and oxygen atoms in total. The summed E-state index contributed by atoms with van der Waals surface area (Å²) in [4.78, 5) is 22.8. The van der Waals surface area contributed by atoms with Gasteiger partial charge in [0.05, 0.1) is 0 Å². The Labute approximate surface area is 105 Å². The van der Waals surface area contributed by atoms with Gasteiger partial charge in [-0.3, -0.25) is 9.59 Å². The highest BCUT2D eigenvalue weighted by Gasteiger charge is 2.47. The van der Waals surface area contributed by atoms with Gasteiger partial charge in [0.2, 0.25) is 0 Å². The highest BCUT2D eigenvalue weighted by Crippen LogP contribution is 2.43. The average Bonchev–Trinajstić information content (AvgIpc) is 2.28. The van der Waals surface area contributed by atoms with E-state index in [0.717, 1.165) is 11.1 Å². The van der Waals surface area contributed by atoms with Crippen LogP contribution in [0.2, 0.25) is 0 Å². The maximum atomic E-state index is 11.4. The topological polar surface area (TPSA) is 74.6 Å². The molecule has 2 unspecified atom stereocenters. The van der Waals surface area contributed by atoms with Crippen LogP contribution in [-0.2, 0) is 9.59 Å². The Bertz CT molecular complexity index is 559. The summed E-state index contributed by atoms with van der Waals surface area (Å²) in [6.45, 7) is 3.35. The van der Waals surface area contributed by atoms with E-state index in [1.54, 1.807) is 18.2 Å². The molecule has 0 aliphatic heterocycles. The van der Waals surface area contributed by atoms with Gasteiger partial charge in [0.25, 0.3) is 0 Å². The van der Waals surface area contributed by atoms with Crippen LogP contribution in [0.1, 0.15) is 29.5 Å². The van der Waals surface area contributed by atoms with Crippen LogP contribution in [-0.4, -0.2) is 22.2 Å². The quantitative estimate of drug-likeness (QED) is 0.839. The Morgan fingerprint density at radius 3 is 2.50 bits per heavy atom. The van der Waals surface area contributed by atoms with E-state index < -0.39 is 23.3 Å². The number of aryl methyl sites for hydroxylation is 1. The van der Waals surface area contributed by atoms with Crippen molar-refractivity contribution in [1.82, 2.24) is 0 Å². The van der Waals surface area contributed by atoms with Crippen LogP contribution in [0.3, 0.4) is 0 Å².